The molecule has 0 bridgehead atoms. The fourth-order valence-electron chi connectivity index (χ4n) is 1.18. The van der Waals surface area contributed by atoms with Crippen LogP contribution in [-0.2, 0) is 4.79 Å². The molecule has 0 aliphatic rings. The van der Waals surface area contributed by atoms with Crippen LogP contribution in [0.4, 0.5) is 0 Å². The van der Waals surface area contributed by atoms with Crippen LogP contribution in [0.1, 0.15) is 27.7 Å². The van der Waals surface area contributed by atoms with Gasteiger partial charge in [0.05, 0.1) is 6.04 Å². The van der Waals surface area contributed by atoms with Crippen LogP contribution in [-0.4, -0.2) is 23.6 Å². The number of likely N-dealkylation sites (N-methyl/N-ethyl adjacent to an activating group) is 1. The largest absolute Gasteiger partial charge is 0.309 e. The zero-order chi connectivity index (χ0) is 9.94. The predicted octanol–water partition coefficient (Wildman–Crippen LogP) is 1.51. The van der Waals surface area contributed by atoms with Crippen molar-refractivity contribution in [3.05, 3.63) is 0 Å². The summed E-state index contributed by atoms with van der Waals surface area (Å²) in [5.74, 6) is 0.284. The highest BCUT2D eigenvalue weighted by molar-refractivity contribution is 7.81. The van der Waals surface area contributed by atoms with Gasteiger partial charge in [0, 0.05) is 10.7 Å². The summed E-state index contributed by atoms with van der Waals surface area (Å²) >= 11 is 4.38. The Kier molecular flexibility index (Phi) is 4.28. The van der Waals surface area contributed by atoms with E-state index in [0.717, 1.165) is 0 Å². The van der Waals surface area contributed by atoms with Crippen LogP contribution in [0.3, 0.4) is 0 Å². The van der Waals surface area contributed by atoms with E-state index < -0.39 is 0 Å². The van der Waals surface area contributed by atoms with Crippen molar-refractivity contribution in [2.45, 2.75) is 38.5 Å². The third kappa shape index (κ3) is 3.15. The van der Waals surface area contributed by atoms with Gasteiger partial charge in [0.2, 0.25) is 0 Å². The monoisotopic (exact) mass is 189 g/mol. The highest BCUT2D eigenvalue weighted by atomic mass is 32.1. The fourth-order valence-corrected chi connectivity index (χ4v) is 1.43. The van der Waals surface area contributed by atoms with Crippen molar-refractivity contribution in [2.75, 3.05) is 7.05 Å². The van der Waals surface area contributed by atoms with Crippen LogP contribution in [0.25, 0.3) is 0 Å². The van der Waals surface area contributed by atoms with Gasteiger partial charge in [0.1, 0.15) is 0 Å². The summed E-state index contributed by atoms with van der Waals surface area (Å²) in [7, 11) is 1.79. The molecule has 0 spiro atoms. The lowest BCUT2D eigenvalue weighted by atomic mass is 9.92. The van der Waals surface area contributed by atoms with Gasteiger partial charge in [0.25, 0.3) is 0 Å². The molecule has 1 N–H and O–H groups in total. The van der Waals surface area contributed by atoms with Gasteiger partial charge in [0.15, 0.2) is 5.78 Å². The molecular weight excluding hydrogens is 170 g/mol. The minimum atomic E-state index is -0.296. The number of ketones is 1. The molecule has 0 aromatic heterocycles. The maximum absolute atomic E-state index is 11.6. The Hall–Kier alpha value is -0.0200. The molecule has 72 valence electrons. The second-order valence-electron chi connectivity index (χ2n) is 3.93. The average molecular weight is 189 g/mol. The minimum absolute atomic E-state index is 0.0638. The van der Waals surface area contributed by atoms with Crippen molar-refractivity contribution < 1.29 is 4.79 Å². The fraction of sp³-hybridized carbons (Fsp3) is 0.889. The van der Waals surface area contributed by atoms with E-state index in [4.69, 9.17) is 0 Å². The molecule has 0 radical (unpaired) electrons. The van der Waals surface area contributed by atoms with E-state index in [1.165, 1.54) is 0 Å². The number of hydrogen-bond donors (Lipinski definition) is 2. The molecule has 1 unspecified atom stereocenters. The summed E-state index contributed by atoms with van der Waals surface area (Å²) in [4.78, 5) is 11.6. The van der Waals surface area contributed by atoms with E-state index in [1.807, 2.05) is 27.7 Å². The Labute approximate surface area is 80.5 Å². The summed E-state index contributed by atoms with van der Waals surface area (Å²) in [6.07, 6.45) is 0. The number of carbonyl (C=O) groups excluding carboxylic acids is 1. The first-order chi connectivity index (χ1) is 5.30. The summed E-state index contributed by atoms with van der Waals surface area (Å²) < 4.78 is -0.296. The van der Waals surface area contributed by atoms with Gasteiger partial charge in [-0.2, -0.15) is 12.6 Å². The minimum Gasteiger partial charge on any atom is -0.309 e. The molecule has 0 heterocycles. The summed E-state index contributed by atoms with van der Waals surface area (Å²) in [5, 5.41) is 3.00. The lowest BCUT2D eigenvalue weighted by Gasteiger charge is -2.29. The Morgan fingerprint density at radius 3 is 1.92 bits per heavy atom. The molecule has 0 aliphatic heterocycles. The molecular formula is C9H19NOS. The van der Waals surface area contributed by atoms with E-state index in [-0.39, 0.29) is 22.5 Å². The van der Waals surface area contributed by atoms with Crippen molar-refractivity contribution in [3.63, 3.8) is 0 Å². The van der Waals surface area contributed by atoms with E-state index in [0.29, 0.717) is 0 Å². The van der Waals surface area contributed by atoms with Gasteiger partial charge in [-0.25, -0.2) is 0 Å². The molecule has 2 nitrogen and oxygen atoms in total. The van der Waals surface area contributed by atoms with Gasteiger partial charge in [-0.1, -0.05) is 13.8 Å². The zero-order valence-electron chi connectivity index (χ0n) is 8.51. The first-order valence-corrected chi connectivity index (χ1v) is 4.68. The van der Waals surface area contributed by atoms with Crippen LogP contribution in [0.2, 0.25) is 0 Å². The van der Waals surface area contributed by atoms with E-state index in [1.54, 1.807) is 7.05 Å². The van der Waals surface area contributed by atoms with E-state index in [2.05, 4.69) is 17.9 Å². The number of rotatable bonds is 4. The molecule has 3 heteroatoms. The third-order valence-electron chi connectivity index (χ3n) is 1.85. The van der Waals surface area contributed by atoms with Gasteiger partial charge >= 0.3 is 0 Å². The highest BCUT2D eigenvalue weighted by Crippen LogP contribution is 2.20. The zero-order valence-corrected chi connectivity index (χ0v) is 9.40. The number of Topliss-reactive ketones (excluding diaryl/α,β-unsaturated/α-hetero) is 1. The SMILES string of the molecule is CNC(C(=O)C(C)C)C(C)(C)S. The maximum Gasteiger partial charge on any atom is 0.153 e. The topological polar surface area (TPSA) is 29.1 Å². The maximum atomic E-state index is 11.6. The van der Waals surface area contributed by atoms with Gasteiger partial charge in [-0.15, -0.1) is 0 Å². The average Bonchev–Trinajstić information content (AvgIpc) is 1.85. The third-order valence-corrected chi connectivity index (χ3v) is 2.11. The Bertz CT molecular complexity index is 160. The highest BCUT2D eigenvalue weighted by Gasteiger charge is 2.31. The van der Waals surface area contributed by atoms with Crippen molar-refractivity contribution >= 4 is 18.4 Å². The van der Waals surface area contributed by atoms with Crippen LogP contribution in [0, 0.1) is 5.92 Å². The predicted molar refractivity (Wildman–Crippen MR) is 55.8 cm³/mol. The van der Waals surface area contributed by atoms with Gasteiger partial charge < -0.3 is 5.32 Å². The van der Waals surface area contributed by atoms with Gasteiger partial charge in [-0.05, 0) is 20.9 Å². The normalized spacial score (nSPS) is 14.9. The van der Waals surface area contributed by atoms with Gasteiger partial charge in [-0.3, -0.25) is 4.79 Å². The molecule has 12 heavy (non-hydrogen) atoms. The summed E-state index contributed by atoms with van der Waals surface area (Å²) in [6, 6.07) is -0.166. The van der Waals surface area contributed by atoms with Crippen molar-refractivity contribution in [1.29, 1.82) is 0 Å². The molecule has 0 saturated carbocycles. The quantitative estimate of drug-likeness (QED) is 0.656. The van der Waals surface area contributed by atoms with Crippen molar-refractivity contribution in [3.8, 4) is 0 Å². The molecule has 1 atom stereocenters. The number of hydrogen-bond acceptors (Lipinski definition) is 3. The van der Waals surface area contributed by atoms with Crippen LogP contribution < -0.4 is 5.32 Å². The molecule has 0 amide bonds. The van der Waals surface area contributed by atoms with Crippen LogP contribution in [0.15, 0.2) is 0 Å². The Balaban J connectivity index is 4.47. The second-order valence-corrected chi connectivity index (χ2v) is 5.09. The van der Waals surface area contributed by atoms with Crippen LogP contribution >= 0.6 is 12.6 Å². The first-order valence-electron chi connectivity index (χ1n) is 4.24. The Morgan fingerprint density at radius 2 is 1.83 bits per heavy atom. The van der Waals surface area contributed by atoms with Crippen molar-refractivity contribution in [1.82, 2.24) is 5.32 Å². The number of thiol groups is 1. The van der Waals surface area contributed by atoms with Crippen molar-refractivity contribution in [2.24, 2.45) is 5.92 Å². The lowest BCUT2D eigenvalue weighted by Crippen LogP contribution is -2.49. The molecule has 0 rings (SSSR count). The smallest absolute Gasteiger partial charge is 0.153 e. The summed E-state index contributed by atoms with van der Waals surface area (Å²) in [5.41, 5.74) is 0. The standard InChI is InChI=1S/C9H19NOS/c1-6(2)7(11)8(10-5)9(3,4)12/h6,8,10,12H,1-5H3. The van der Waals surface area contributed by atoms with Crippen LogP contribution in [0.5, 0.6) is 0 Å². The number of carbonyl (C=O) groups is 1. The number of nitrogens with one attached hydrogen (secondary N) is 1. The Morgan fingerprint density at radius 1 is 1.42 bits per heavy atom. The molecule has 0 aliphatic carbocycles. The molecule has 0 saturated heterocycles. The second kappa shape index (κ2) is 4.28. The van der Waals surface area contributed by atoms with E-state index in [9.17, 15) is 4.79 Å². The summed E-state index contributed by atoms with van der Waals surface area (Å²) in [6.45, 7) is 7.70. The molecule has 0 aromatic rings. The first kappa shape index (κ1) is 12.0. The lowest BCUT2D eigenvalue weighted by molar-refractivity contribution is -0.124. The van der Waals surface area contributed by atoms with E-state index >= 15 is 0 Å². The molecule has 0 aromatic carbocycles. The molecule has 0 fully saturated rings.